The Morgan fingerprint density at radius 2 is 1.95 bits per heavy atom. The van der Waals surface area contributed by atoms with E-state index in [9.17, 15) is 12.8 Å². The maximum Gasteiger partial charge on any atom is 0.271 e. The van der Waals surface area contributed by atoms with E-state index in [2.05, 4.69) is 20.7 Å². The fourth-order valence-corrected chi connectivity index (χ4v) is 4.76. The van der Waals surface area contributed by atoms with E-state index in [1.807, 2.05) is 0 Å². The molecule has 0 radical (unpaired) electrons. The molecule has 0 amide bonds. The lowest BCUT2D eigenvalue weighted by Gasteiger charge is -2.10. The summed E-state index contributed by atoms with van der Waals surface area (Å²) in [6, 6.07) is 4.12. The zero-order chi connectivity index (χ0) is 15.8. The van der Waals surface area contributed by atoms with Gasteiger partial charge in [-0.3, -0.25) is 4.72 Å². The molecule has 21 heavy (non-hydrogen) atoms. The van der Waals surface area contributed by atoms with Crippen molar-refractivity contribution in [3.63, 3.8) is 0 Å². The zero-order valence-corrected chi connectivity index (χ0v) is 14.5. The molecule has 1 aromatic heterocycles. The summed E-state index contributed by atoms with van der Waals surface area (Å²) in [5, 5.41) is 9.14. The summed E-state index contributed by atoms with van der Waals surface area (Å²) in [6.07, 6.45) is 0. The van der Waals surface area contributed by atoms with E-state index in [0.717, 1.165) is 17.4 Å². The van der Waals surface area contributed by atoms with Crippen LogP contribution in [0.4, 0.5) is 10.1 Å². The van der Waals surface area contributed by atoms with E-state index < -0.39 is 15.8 Å². The number of thiophene rings is 1. The van der Waals surface area contributed by atoms with Gasteiger partial charge in [-0.15, -0.1) is 11.3 Å². The number of anilines is 1. The summed E-state index contributed by atoms with van der Waals surface area (Å²) in [7, 11) is -3.80. The molecule has 0 spiro atoms. The predicted molar refractivity (Wildman–Crippen MR) is 84.6 cm³/mol. The van der Waals surface area contributed by atoms with Crippen LogP contribution in [0, 0.1) is 19.7 Å². The first-order valence-electron chi connectivity index (χ1n) is 5.93. The molecule has 2 N–H and O–H groups in total. The molecule has 0 saturated carbocycles. The molecule has 2 aromatic rings. The molecule has 0 unspecified atom stereocenters. The van der Waals surface area contributed by atoms with Gasteiger partial charge in [-0.1, -0.05) is 0 Å². The highest BCUT2D eigenvalue weighted by Crippen LogP contribution is 2.30. The standard InChI is InChI=1S/C13H13BrFNO3S2/c1-7-3-9(14)10(15)5-11(7)16-21(18,19)13-4-8(2)12(6-17)20-13/h3-5,16-17H,6H2,1-2H3. The van der Waals surface area contributed by atoms with Crippen LogP contribution in [-0.2, 0) is 16.6 Å². The van der Waals surface area contributed by atoms with Crippen LogP contribution in [-0.4, -0.2) is 13.5 Å². The van der Waals surface area contributed by atoms with Crippen LogP contribution in [0.2, 0.25) is 0 Å². The van der Waals surface area contributed by atoms with Gasteiger partial charge in [0.15, 0.2) is 0 Å². The summed E-state index contributed by atoms with van der Waals surface area (Å²) in [6.45, 7) is 3.20. The third kappa shape index (κ3) is 3.45. The lowest BCUT2D eigenvalue weighted by atomic mass is 10.2. The number of benzene rings is 1. The average molecular weight is 394 g/mol. The van der Waals surface area contributed by atoms with Gasteiger partial charge in [0.25, 0.3) is 10.0 Å². The van der Waals surface area contributed by atoms with Crippen molar-refractivity contribution in [3.05, 3.63) is 44.5 Å². The number of rotatable bonds is 4. The van der Waals surface area contributed by atoms with Crippen molar-refractivity contribution in [2.45, 2.75) is 24.7 Å². The Labute approximate surface area is 134 Å². The number of sulfonamides is 1. The molecule has 2 rings (SSSR count). The first-order valence-corrected chi connectivity index (χ1v) is 9.02. The van der Waals surface area contributed by atoms with Gasteiger partial charge >= 0.3 is 0 Å². The van der Waals surface area contributed by atoms with Crippen LogP contribution in [0.5, 0.6) is 0 Å². The fraction of sp³-hybridized carbons (Fsp3) is 0.231. The van der Waals surface area contributed by atoms with Gasteiger partial charge in [0.05, 0.1) is 16.8 Å². The molecule has 1 aromatic carbocycles. The lowest BCUT2D eigenvalue weighted by molar-refractivity contribution is 0.285. The Morgan fingerprint density at radius 1 is 1.29 bits per heavy atom. The van der Waals surface area contributed by atoms with Crippen LogP contribution in [0.1, 0.15) is 16.0 Å². The van der Waals surface area contributed by atoms with Crippen molar-refractivity contribution >= 4 is 43.0 Å². The Balaban J connectivity index is 2.39. The number of halogens is 2. The molecule has 0 aliphatic carbocycles. The highest BCUT2D eigenvalue weighted by Gasteiger charge is 2.20. The Bertz CT molecular complexity index is 787. The first-order chi connectivity index (χ1) is 9.74. The minimum Gasteiger partial charge on any atom is -0.391 e. The highest BCUT2D eigenvalue weighted by atomic mass is 79.9. The Kier molecular flexibility index (Phi) is 4.72. The number of nitrogens with one attached hydrogen (secondary N) is 1. The number of hydrogen-bond donors (Lipinski definition) is 2. The predicted octanol–water partition coefficient (Wildman–Crippen LogP) is 3.56. The quantitative estimate of drug-likeness (QED) is 0.834. The molecule has 0 aliphatic heterocycles. The van der Waals surface area contributed by atoms with E-state index in [0.29, 0.717) is 16.0 Å². The summed E-state index contributed by atoms with van der Waals surface area (Å²) in [5.41, 5.74) is 1.50. The molecule has 0 atom stereocenters. The monoisotopic (exact) mass is 393 g/mol. The molecule has 0 bridgehead atoms. The van der Waals surface area contributed by atoms with E-state index in [-0.39, 0.29) is 21.0 Å². The van der Waals surface area contributed by atoms with Crippen molar-refractivity contribution in [3.8, 4) is 0 Å². The molecule has 8 heteroatoms. The van der Waals surface area contributed by atoms with Crippen LogP contribution in [0.25, 0.3) is 0 Å². The van der Waals surface area contributed by atoms with E-state index >= 15 is 0 Å². The minimum atomic E-state index is -3.80. The Hall–Kier alpha value is -0.960. The van der Waals surface area contributed by atoms with Crippen LogP contribution in [0.15, 0.2) is 26.9 Å². The van der Waals surface area contributed by atoms with Gasteiger partial charge in [0.2, 0.25) is 0 Å². The molecular formula is C13H13BrFNO3S2. The summed E-state index contributed by atoms with van der Waals surface area (Å²) >= 11 is 4.04. The second kappa shape index (κ2) is 6.04. The second-order valence-corrected chi connectivity index (χ2v) is 8.42. The maximum atomic E-state index is 13.5. The van der Waals surface area contributed by atoms with E-state index in [1.165, 1.54) is 12.1 Å². The molecule has 1 heterocycles. The van der Waals surface area contributed by atoms with Crippen LogP contribution in [0.3, 0.4) is 0 Å². The third-order valence-corrected chi connectivity index (χ3v) is 6.59. The second-order valence-electron chi connectivity index (χ2n) is 4.52. The zero-order valence-electron chi connectivity index (χ0n) is 11.3. The highest BCUT2D eigenvalue weighted by molar-refractivity contribution is 9.10. The smallest absolute Gasteiger partial charge is 0.271 e. The van der Waals surface area contributed by atoms with Crippen LogP contribution >= 0.6 is 27.3 Å². The first kappa shape index (κ1) is 16.4. The summed E-state index contributed by atoms with van der Waals surface area (Å²) < 4.78 is 40.9. The Morgan fingerprint density at radius 3 is 2.52 bits per heavy atom. The molecule has 4 nitrogen and oxygen atoms in total. The molecule has 0 saturated heterocycles. The van der Waals surface area contributed by atoms with Crippen molar-refractivity contribution in [2.75, 3.05) is 4.72 Å². The maximum absolute atomic E-state index is 13.5. The number of aliphatic hydroxyl groups is 1. The van der Waals surface area contributed by atoms with E-state index in [1.54, 1.807) is 13.8 Å². The molecule has 0 fully saturated rings. The SMILES string of the molecule is Cc1cc(Br)c(F)cc1NS(=O)(=O)c1cc(C)c(CO)s1. The average Bonchev–Trinajstić information content (AvgIpc) is 2.78. The van der Waals surface area contributed by atoms with Gasteiger partial charge in [-0.2, -0.15) is 0 Å². The van der Waals surface area contributed by atoms with Gasteiger partial charge in [0.1, 0.15) is 10.0 Å². The van der Waals surface area contributed by atoms with Gasteiger partial charge in [-0.05, 0) is 59.1 Å². The van der Waals surface area contributed by atoms with Gasteiger partial charge in [0, 0.05) is 4.88 Å². The largest absolute Gasteiger partial charge is 0.391 e. The minimum absolute atomic E-state index is 0.0896. The van der Waals surface area contributed by atoms with Crippen molar-refractivity contribution in [1.82, 2.24) is 0 Å². The van der Waals surface area contributed by atoms with Crippen molar-refractivity contribution < 1.29 is 17.9 Å². The number of aliphatic hydroxyl groups excluding tert-OH is 1. The van der Waals surface area contributed by atoms with Crippen molar-refractivity contribution in [1.29, 1.82) is 0 Å². The number of aryl methyl sites for hydroxylation is 2. The lowest BCUT2D eigenvalue weighted by Crippen LogP contribution is -2.12. The number of hydrogen-bond acceptors (Lipinski definition) is 4. The molecular weight excluding hydrogens is 381 g/mol. The third-order valence-electron chi connectivity index (χ3n) is 2.92. The molecule has 114 valence electrons. The van der Waals surface area contributed by atoms with Gasteiger partial charge < -0.3 is 5.11 Å². The fourth-order valence-electron chi connectivity index (χ4n) is 1.73. The van der Waals surface area contributed by atoms with Crippen molar-refractivity contribution in [2.24, 2.45) is 0 Å². The summed E-state index contributed by atoms with van der Waals surface area (Å²) in [4.78, 5) is 0.592. The molecule has 0 aliphatic rings. The summed E-state index contributed by atoms with van der Waals surface area (Å²) in [5.74, 6) is -0.545. The van der Waals surface area contributed by atoms with E-state index in [4.69, 9.17) is 5.11 Å². The topological polar surface area (TPSA) is 66.4 Å². The van der Waals surface area contributed by atoms with Crippen LogP contribution < -0.4 is 4.72 Å². The normalized spacial score (nSPS) is 11.7. The van der Waals surface area contributed by atoms with Gasteiger partial charge in [-0.25, -0.2) is 12.8 Å².